The number of ether oxygens (including phenoxy) is 1. The lowest BCUT2D eigenvalue weighted by atomic mass is 9.98. The summed E-state index contributed by atoms with van der Waals surface area (Å²) < 4.78 is 5.80. The van der Waals surface area contributed by atoms with Crippen molar-refractivity contribution >= 4 is 0 Å². The maximum Gasteiger partial charge on any atom is 0.122 e. The van der Waals surface area contributed by atoms with Crippen LogP contribution in [0.15, 0.2) is 24.3 Å². The van der Waals surface area contributed by atoms with Gasteiger partial charge >= 0.3 is 0 Å². The SMILES string of the molecule is Cc1ccccc1OCCCN1CCC(CO)CC1. The van der Waals surface area contributed by atoms with Crippen LogP contribution in [-0.4, -0.2) is 42.9 Å². The molecule has 0 radical (unpaired) electrons. The molecular formula is C16H25NO2. The molecule has 1 heterocycles. The zero-order valence-electron chi connectivity index (χ0n) is 11.8. The first-order valence-electron chi connectivity index (χ1n) is 7.31. The number of likely N-dealkylation sites (tertiary alicyclic amines) is 1. The summed E-state index contributed by atoms with van der Waals surface area (Å²) in [7, 11) is 0. The standard InChI is InChI=1S/C16H25NO2/c1-14-5-2-3-6-16(14)19-12-4-9-17-10-7-15(13-18)8-11-17/h2-3,5-6,15,18H,4,7-13H2,1H3. The quantitative estimate of drug-likeness (QED) is 0.800. The molecule has 0 saturated carbocycles. The van der Waals surface area contributed by atoms with E-state index in [0.717, 1.165) is 51.3 Å². The topological polar surface area (TPSA) is 32.7 Å². The average Bonchev–Trinajstić information content (AvgIpc) is 2.46. The Morgan fingerprint density at radius 2 is 2.00 bits per heavy atom. The summed E-state index contributed by atoms with van der Waals surface area (Å²) in [6, 6.07) is 8.16. The number of aliphatic hydroxyl groups excluding tert-OH is 1. The molecule has 106 valence electrons. The van der Waals surface area contributed by atoms with Crippen LogP contribution in [0.25, 0.3) is 0 Å². The fraction of sp³-hybridized carbons (Fsp3) is 0.625. The molecule has 0 spiro atoms. The number of benzene rings is 1. The minimum absolute atomic E-state index is 0.351. The molecule has 0 unspecified atom stereocenters. The highest BCUT2D eigenvalue weighted by molar-refractivity contribution is 5.31. The predicted molar refractivity (Wildman–Crippen MR) is 77.5 cm³/mol. The summed E-state index contributed by atoms with van der Waals surface area (Å²) in [5, 5.41) is 9.10. The highest BCUT2D eigenvalue weighted by Crippen LogP contribution is 2.18. The highest BCUT2D eigenvalue weighted by Gasteiger charge is 2.17. The maximum atomic E-state index is 9.10. The molecule has 1 aromatic rings. The molecule has 0 amide bonds. The zero-order chi connectivity index (χ0) is 13.5. The molecule has 2 rings (SSSR count). The van der Waals surface area contributed by atoms with Gasteiger partial charge in [-0.05, 0) is 56.8 Å². The normalized spacial score (nSPS) is 17.6. The Morgan fingerprint density at radius 1 is 1.26 bits per heavy atom. The first-order chi connectivity index (χ1) is 9.29. The number of hydrogen-bond donors (Lipinski definition) is 1. The smallest absolute Gasteiger partial charge is 0.122 e. The molecule has 0 aliphatic carbocycles. The van der Waals surface area contributed by atoms with E-state index in [4.69, 9.17) is 9.84 Å². The largest absolute Gasteiger partial charge is 0.493 e. The van der Waals surface area contributed by atoms with Crippen molar-refractivity contribution in [1.29, 1.82) is 0 Å². The van der Waals surface area contributed by atoms with E-state index in [9.17, 15) is 0 Å². The lowest BCUT2D eigenvalue weighted by Crippen LogP contribution is -2.35. The monoisotopic (exact) mass is 263 g/mol. The first kappa shape index (κ1) is 14.4. The third-order valence-corrected chi connectivity index (χ3v) is 3.94. The van der Waals surface area contributed by atoms with Crippen molar-refractivity contribution in [3.63, 3.8) is 0 Å². The Labute approximate surface area is 116 Å². The van der Waals surface area contributed by atoms with E-state index in [1.165, 1.54) is 5.56 Å². The van der Waals surface area contributed by atoms with Crippen LogP contribution in [0.1, 0.15) is 24.8 Å². The van der Waals surface area contributed by atoms with Gasteiger partial charge in [0, 0.05) is 13.2 Å². The van der Waals surface area contributed by atoms with Crippen molar-refractivity contribution in [3.8, 4) is 5.75 Å². The van der Waals surface area contributed by atoms with Crippen molar-refractivity contribution in [2.75, 3.05) is 32.8 Å². The van der Waals surface area contributed by atoms with Gasteiger partial charge in [0.1, 0.15) is 5.75 Å². The van der Waals surface area contributed by atoms with Crippen molar-refractivity contribution in [1.82, 2.24) is 4.90 Å². The van der Waals surface area contributed by atoms with E-state index >= 15 is 0 Å². The molecule has 19 heavy (non-hydrogen) atoms. The second-order valence-electron chi connectivity index (χ2n) is 5.44. The second-order valence-corrected chi connectivity index (χ2v) is 5.44. The van der Waals surface area contributed by atoms with E-state index in [0.29, 0.717) is 12.5 Å². The fourth-order valence-corrected chi connectivity index (χ4v) is 2.58. The van der Waals surface area contributed by atoms with E-state index in [1.54, 1.807) is 0 Å². The number of rotatable bonds is 6. The molecule has 0 aromatic heterocycles. The lowest BCUT2D eigenvalue weighted by Gasteiger charge is -2.30. The summed E-state index contributed by atoms with van der Waals surface area (Å²) in [6.07, 6.45) is 3.34. The molecule has 0 atom stereocenters. The molecule has 1 N–H and O–H groups in total. The van der Waals surface area contributed by atoms with Gasteiger partial charge in [0.25, 0.3) is 0 Å². The van der Waals surface area contributed by atoms with Gasteiger partial charge in [-0.3, -0.25) is 0 Å². The predicted octanol–water partition coefficient (Wildman–Crippen LogP) is 2.47. The van der Waals surface area contributed by atoms with Gasteiger partial charge in [-0.2, -0.15) is 0 Å². The molecular weight excluding hydrogens is 238 g/mol. The van der Waals surface area contributed by atoms with Gasteiger partial charge in [0.2, 0.25) is 0 Å². The molecule has 1 aliphatic heterocycles. The Hall–Kier alpha value is -1.06. The summed E-state index contributed by atoms with van der Waals surface area (Å²) in [5.41, 5.74) is 1.20. The maximum absolute atomic E-state index is 9.10. The molecule has 1 aliphatic rings. The minimum Gasteiger partial charge on any atom is -0.493 e. The van der Waals surface area contributed by atoms with Crippen LogP contribution in [0, 0.1) is 12.8 Å². The third kappa shape index (κ3) is 4.51. The van der Waals surface area contributed by atoms with E-state index in [2.05, 4.69) is 17.9 Å². The van der Waals surface area contributed by atoms with Gasteiger partial charge in [-0.1, -0.05) is 18.2 Å². The van der Waals surface area contributed by atoms with E-state index < -0.39 is 0 Å². The fourth-order valence-electron chi connectivity index (χ4n) is 2.58. The van der Waals surface area contributed by atoms with Crippen molar-refractivity contribution < 1.29 is 9.84 Å². The van der Waals surface area contributed by atoms with Crippen LogP contribution in [-0.2, 0) is 0 Å². The Balaban J connectivity index is 1.61. The van der Waals surface area contributed by atoms with E-state index in [-0.39, 0.29) is 0 Å². The summed E-state index contributed by atoms with van der Waals surface area (Å²) in [6.45, 7) is 6.55. The van der Waals surface area contributed by atoms with Gasteiger partial charge in [-0.25, -0.2) is 0 Å². The minimum atomic E-state index is 0.351. The second kappa shape index (κ2) is 7.51. The Morgan fingerprint density at radius 3 is 2.68 bits per heavy atom. The molecule has 3 nitrogen and oxygen atoms in total. The number of aliphatic hydroxyl groups is 1. The van der Waals surface area contributed by atoms with Crippen LogP contribution < -0.4 is 4.74 Å². The first-order valence-corrected chi connectivity index (χ1v) is 7.31. The highest BCUT2D eigenvalue weighted by atomic mass is 16.5. The zero-order valence-corrected chi connectivity index (χ0v) is 11.8. The molecule has 1 fully saturated rings. The number of para-hydroxylation sites is 1. The number of piperidine rings is 1. The number of hydrogen-bond acceptors (Lipinski definition) is 3. The lowest BCUT2D eigenvalue weighted by molar-refractivity contribution is 0.126. The molecule has 0 bridgehead atoms. The van der Waals surface area contributed by atoms with Crippen molar-refractivity contribution in [2.45, 2.75) is 26.2 Å². The summed E-state index contributed by atoms with van der Waals surface area (Å²) in [5.74, 6) is 1.53. The van der Waals surface area contributed by atoms with Crippen LogP contribution >= 0.6 is 0 Å². The third-order valence-electron chi connectivity index (χ3n) is 3.94. The van der Waals surface area contributed by atoms with E-state index in [1.807, 2.05) is 18.2 Å². The van der Waals surface area contributed by atoms with Gasteiger partial charge in [-0.15, -0.1) is 0 Å². The van der Waals surface area contributed by atoms with Crippen LogP contribution in [0.5, 0.6) is 5.75 Å². The van der Waals surface area contributed by atoms with Gasteiger partial charge in [0.05, 0.1) is 6.61 Å². The number of nitrogens with zero attached hydrogens (tertiary/aromatic N) is 1. The Bertz CT molecular complexity index is 373. The van der Waals surface area contributed by atoms with Crippen LogP contribution in [0.4, 0.5) is 0 Å². The van der Waals surface area contributed by atoms with Gasteiger partial charge in [0.15, 0.2) is 0 Å². The number of aryl methyl sites for hydroxylation is 1. The van der Waals surface area contributed by atoms with Crippen LogP contribution in [0.2, 0.25) is 0 Å². The molecule has 3 heteroatoms. The van der Waals surface area contributed by atoms with Crippen molar-refractivity contribution in [3.05, 3.63) is 29.8 Å². The summed E-state index contributed by atoms with van der Waals surface area (Å²) in [4.78, 5) is 2.48. The molecule has 1 saturated heterocycles. The Kier molecular flexibility index (Phi) is 5.67. The van der Waals surface area contributed by atoms with Crippen LogP contribution in [0.3, 0.4) is 0 Å². The summed E-state index contributed by atoms with van der Waals surface area (Å²) >= 11 is 0. The van der Waals surface area contributed by atoms with Gasteiger partial charge < -0.3 is 14.7 Å². The average molecular weight is 263 g/mol. The van der Waals surface area contributed by atoms with Crippen molar-refractivity contribution in [2.24, 2.45) is 5.92 Å². The molecule has 1 aromatic carbocycles.